The lowest BCUT2D eigenvalue weighted by atomic mass is 10.0. The van der Waals surface area contributed by atoms with E-state index in [9.17, 15) is 8.42 Å². The van der Waals surface area contributed by atoms with Gasteiger partial charge in [-0.15, -0.1) is 0 Å². The summed E-state index contributed by atoms with van der Waals surface area (Å²) in [5.74, 6) is 1.17. The summed E-state index contributed by atoms with van der Waals surface area (Å²) in [4.78, 5) is 0.393. The summed E-state index contributed by atoms with van der Waals surface area (Å²) in [6.07, 6.45) is 3.64. The first kappa shape index (κ1) is 12.6. The second-order valence-corrected chi connectivity index (χ2v) is 7.96. The van der Waals surface area contributed by atoms with Crippen LogP contribution in [0.2, 0.25) is 0 Å². The molecule has 1 saturated carbocycles. The summed E-state index contributed by atoms with van der Waals surface area (Å²) in [5, 5.41) is 0. The molecule has 0 radical (unpaired) electrons. The van der Waals surface area contributed by atoms with Crippen LogP contribution in [0.5, 0.6) is 0 Å². The van der Waals surface area contributed by atoms with Crippen LogP contribution in [-0.4, -0.2) is 25.8 Å². The molecule has 1 aliphatic carbocycles. The molecule has 1 heterocycles. The first-order chi connectivity index (χ1) is 8.59. The average Bonchev–Trinajstić information content (AvgIpc) is 2.89. The van der Waals surface area contributed by atoms with Crippen molar-refractivity contribution >= 4 is 26.0 Å². The number of benzene rings is 1. The number of hydrogen-bond acceptors (Lipinski definition) is 2. The summed E-state index contributed by atoms with van der Waals surface area (Å²) >= 11 is 3.33. The Morgan fingerprint density at radius 3 is 2.33 bits per heavy atom. The lowest BCUT2D eigenvalue weighted by molar-refractivity contribution is 0.445. The standard InChI is InChI=1S/C13H16BrNO2S/c14-12-6-1-2-7-13(12)18(16,17)15-8-10-4-3-5-11(10)9-15/h1-2,6-7,10-11H,3-5,8-9H2. The maximum absolute atomic E-state index is 12.6. The minimum Gasteiger partial charge on any atom is -0.207 e. The van der Waals surface area contributed by atoms with Crippen molar-refractivity contribution in [3.8, 4) is 0 Å². The SMILES string of the molecule is O=S(=O)(c1ccccc1Br)N1CC2CCCC2C1. The van der Waals surface area contributed by atoms with Crippen molar-refractivity contribution in [3.63, 3.8) is 0 Å². The third-order valence-electron chi connectivity index (χ3n) is 4.15. The van der Waals surface area contributed by atoms with Crippen LogP contribution in [-0.2, 0) is 10.0 Å². The van der Waals surface area contributed by atoms with E-state index in [0.717, 1.165) is 0 Å². The molecule has 2 aliphatic rings. The van der Waals surface area contributed by atoms with E-state index in [0.29, 0.717) is 34.3 Å². The average molecular weight is 330 g/mol. The van der Waals surface area contributed by atoms with Crippen molar-refractivity contribution in [2.24, 2.45) is 11.8 Å². The summed E-state index contributed by atoms with van der Waals surface area (Å²) in [7, 11) is -3.32. The predicted molar refractivity (Wildman–Crippen MR) is 73.7 cm³/mol. The van der Waals surface area contributed by atoms with Crippen LogP contribution in [0.4, 0.5) is 0 Å². The number of halogens is 1. The quantitative estimate of drug-likeness (QED) is 0.836. The van der Waals surface area contributed by atoms with E-state index in [-0.39, 0.29) is 0 Å². The molecule has 1 aromatic carbocycles. The van der Waals surface area contributed by atoms with Gasteiger partial charge in [-0.1, -0.05) is 18.6 Å². The number of hydrogen-bond donors (Lipinski definition) is 0. The molecule has 1 aliphatic heterocycles. The maximum atomic E-state index is 12.6. The Hall–Kier alpha value is -0.390. The van der Waals surface area contributed by atoms with Gasteiger partial charge in [-0.2, -0.15) is 4.31 Å². The highest BCUT2D eigenvalue weighted by molar-refractivity contribution is 9.10. The van der Waals surface area contributed by atoms with Crippen LogP contribution in [0.25, 0.3) is 0 Å². The molecule has 2 unspecified atom stereocenters. The summed E-state index contributed by atoms with van der Waals surface area (Å²) in [5.41, 5.74) is 0. The van der Waals surface area contributed by atoms with Gasteiger partial charge in [-0.3, -0.25) is 0 Å². The Balaban J connectivity index is 1.90. The van der Waals surface area contributed by atoms with Crippen LogP contribution in [0.15, 0.2) is 33.6 Å². The zero-order valence-electron chi connectivity index (χ0n) is 10.0. The molecule has 1 saturated heterocycles. The van der Waals surface area contributed by atoms with E-state index in [4.69, 9.17) is 0 Å². The van der Waals surface area contributed by atoms with E-state index < -0.39 is 10.0 Å². The summed E-state index contributed by atoms with van der Waals surface area (Å²) in [6, 6.07) is 7.06. The zero-order valence-corrected chi connectivity index (χ0v) is 12.5. The van der Waals surface area contributed by atoms with Gasteiger partial charge in [0, 0.05) is 17.6 Å². The molecule has 1 aromatic rings. The van der Waals surface area contributed by atoms with Crippen LogP contribution in [0.3, 0.4) is 0 Å². The topological polar surface area (TPSA) is 37.4 Å². The lowest BCUT2D eigenvalue weighted by Gasteiger charge is -2.18. The minimum absolute atomic E-state index is 0.393. The highest BCUT2D eigenvalue weighted by Gasteiger charge is 2.41. The fraction of sp³-hybridized carbons (Fsp3) is 0.538. The summed E-state index contributed by atoms with van der Waals surface area (Å²) in [6.45, 7) is 1.41. The molecule has 0 amide bonds. The van der Waals surface area contributed by atoms with Crippen LogP contribution < -0.4 is 0 Å². The van der Waals surface area contributed by atoms with Crippen LogP contribution in [0.1, 0.15) is 19.3 Å². The summed E-state index contributed by atoms with van der Waals surface area (Å²) < 4.78 is 27.5. The van der Waals surface area contributed by atoms with Crippen molar-refractivity contribution in [1.29, 1.82) is 0 Å². The molecular weight excluding hydrogens is 314 g/mol. The molecule has 3 nitrogen and oxygen atoms in total. The van der Waals surface area contributed by atoms with Gasteiger partial charge in [0.2, 0.25) is 10.0 Å². The molecule has 0 bridgehead atoms. The Labute approximate surface area is 116 Å². The Kier molecular flexibility index (Phi) is 3.24. The van der Waals surface area contributed by atoms with Crippen molar-refractivity contribution in [2.75, 3.05) is 13.1 Å². The number of nitrogens with zero attached hydrogens (tertiary/aromatic N) is 1. The van der Waals surface area contributed by atoms with E-state index in [1.165, 1.54) is 19.3 Å². The van der Waals surface area contributed by atoms with Crippen LogP contribution >= 0.6 is 15.9 Å². The first-order valence-corrected chi connectivity index (χ1v) is 8.57. The molecule has 3 rings (SSSR count). The molecule has 0 N–H and O–H groups in total. The molecule has 98 valence electrons. The van der Waals surface area contributed by atoms with Gasteiger partial charge in [0.25, 0.3) is 0 Å². The molecule has 18 heavy (non-hydrogen) atoms. The lowest BCUT2D eigenvalue weighted by Crippen LogP contribution is -2.29. The van der Waals surface area contributed by atoms with Gasteiger partial charge in [-0.25, -0.2) is 8.42 Å². The minimum atomic E-state index is -3.32. The number of fused-ring (bicyclic) bond motifs is 1. The molecule has 5 heteroatoms. The van der Waals surface area contributed by atoms with Crippen molar-refractivity contribution in [1.82, 2.24) is 4.31 Å². The Morgan fingerprint density at radius 2 is 1.72 bits per heavy atom. The smallest absolute Gasteiger partial charge is 0.207 e. The van der Waals surface area contributed by atoms with E-state index in [1.54, 1.807) is 22.5 Å². The van der Waals surface area contributed by atoms with E-state index in [2.05, 4.69) is 15.9 Å². The van der Waals surface area contributed by atoms with Gasteiger partial charge < -0.3 is 0 Å². The fourth-order valence-corrected chi connectivity index (χ4v) is 5.70. The first-order valence-electron chi connectivity index (χ1n) is 6.34. The predicted octanol–water partition coefficient (Wildman–Crippen LogP) is 2.87. The third-order valence-corrected chi connectivity index (χ3v) is 6.99. The number of rotatable bonds is 2. The zero-order chi connectivity index (χ0) is 12.8. The molecular formula is C13H16BrNO2S. The van der Waals surface area contributed by atoms with Gasteiger partial charge >= 0.3 is 0 Å². The van der Waals surface area contributed by atoms with Gasteiger partial charge in [-0.05, 0) is 52.7 Å². The number of sulfonamides is 1. The van der Waals surface area contributed by atoms with E-state index in [1.807, 2.05) is 6.07 Å². The van der Waals surface area contributed by atoms with Crippen LogP contribution in [0, 0.1) is 11.8 Å². The second kappa shape index (κ2) is 4.62. The molecule has 2 fully saturated rings. The maximum Gasteiger partial charge on any atom is 0.244 e. The Morgan fingerprint density at radius 1 is 1.11 bits per heavy atom. The Bertz CT molecular complexity index is 546. The van der Waals surface area contributed by atoms with Crippen molar-refractivity contribution in [2.45, 2.75) is 24.2 Å². The highest BCUT2D eigenvalue weighted by Crippen LogP contribution is 2.40. The van der Waals surface area contributed by atoms with Crippen molar-refractivity contribution in [3.05, 3.63) is 28.7 Å². The van der Waals surface area contributed by atoms with Gasteiger partial charge in [0.15, 0.2) is 0 Å². The van der Waals surface area contributed by atoms with Gasteiger partial charge in [0.1, 0.15) is 0 Å². The fourth-order valence-electron chi connectivity index (χ4n) is 3.18. The normalized spacial score (nSPS) is 28.5. The third kappa shape index (κ3) is 2.02. The second-order valence-electron chi connectivity index (χ2n) is 5.20. The van der Waals surface area contributed by atoms with E-state index >= 15 is 0 Å². The highest BCUT2D eigenvalue weighted by atomic mass is 79.9. The molecule has 0 aromatic heterocycles. The van der Waals surface area contributed by atoms with Crippen molar-refractivity contribution < 1.29 is 8.42 Å². The monoisotopic (exact) mass is 329 g/mol. The molecule has 2 atom stereocenters. The molecule has 0 spiro atoms. The van der Waals surface area contributed by atoms with Gasteiger partial charge in [0.05, 0.1) is 4.90 Å². The largest absolute Gasteiger partial charge is 0.244 e.